The van der Waals surface area contributed by atoms with Gasteiger partial charge in [-0.3, -0.25) is 24.2 Å². The van der Waals surface area contributed by atoms with Crippen LogP contribution in [0.5, 0.6) is 34.5 Å². The van der Waals surface area contributed by atoms with Crippen molar-refractivity contribution in [3.05, 3.63) is 249 Å². The number of likely N-dealkylation sites (tertiary alicyclic amines) is 3. The maximum Gasteiger partial charge on any atom is 0.203 e. The second-order valence-corrected chi connectivity index (χ2v) is 30.7. The Morgan fingerprint density at radius 1 is 0.392 bits per heavy atom. The topological polar surface area (TPSA) is 149 Å². The van der Waals surface area contributed by atoms with Gasteiger partial charge in [-0.15, -0.1) is 34.0 Å². The van der Waals surface area contributed by atoms with Gasteiger partial charge in [0, 0.05) is 103 Å². The van der Waals surface area contributed by atoms with E-state index in [-0.39, 0.29) is 34.6 Å². The third kappa shape index (κ3) is 16.9. The lowest BCUT2D eigenvalue weighted by atomic mass is 9.96. The number of nitrogens with zero attached hydrogens (tertiary/aromatic N) is 3. The standard InChI is InChI=1S/C30H31NO3S.C29H29NO3S.C28H27NO3S/c1-20-14-16-31(19-20)15-5-17-34-24-11-8-22(9-12-24)28-26-13-10-23(32)18-27(26)35-30(28)29(33)25-7-4-3-6-21(25)2;1-19-13-14-30(18-19)15-16-33-23-10-7-21(8-11-23)27-25-12-9-22(31)17-26(25)34-29(27)28(32)24-6-4-3-5-20(24)2;1-19-13-14-29(18-19)15-16-32-23-10-7-20(8-11-23)26-24-12-9-22(30)17-25(24)33-28(26)27(31)21-5-3-2-4-6-21/h3-4,6-13,18,20,32H,5,14-17,19H2,1-2H3;3-12,17,19,31H,13-16,18H2,1-2H3;2-12,17,19,30H,13-16,18H2,1H3/t20-;2*19-/m011/s1. The average Bonchev–Trinajstić information content (AvgIpc) is 1.62. The third-order valence-electron chi connectivity index (χ3n) is 19.6. The fraction of sp³-hybridized carbons (Fsp3) is 0.276. The van der Waals surface area contributed by atoms with E-state index in [4.69, 9.17) is 14.2 Å². The predicted octanol–water partition coefficient (Wildman–Crippen LogP) is 19.7. The van der Waals surface area contributed by atoms with Crippen molar-refractivity contribution in [2.75, 3.05) is 78.7 Å². The molecular formula is C87H87N3O9S3. The Balaban J connectivity index is 0.000000137. The van der Waals surface area contributed by atoms with Crippen molar-refractivity contribution in [2.45, 2.75) is 60.3 Å². The average molecular weight is 1410 g/mol. The molecule has 0 unspecified atom stereocenters. The third-order valence-corrected chi connectivity index (χ3v) is 23.1. The summed E-state index contributed by atoms with van der Waals surface area (Å²) in [6.45, 7) is 22.9. The van der Waals surface area contributed by atoms with Crippen LogP contribution in [0, 0.1) is 31.6 Å². The number of ketones is 3. The molecule has 3 fully saturated rings. The number of carbonyl (C=O) groups excluding carboxylic acids is 3. The Kier molecular flexibility index (Phi) is 22.7. The van der Waals surface area contributed by atoms with Crippen LogP contribution < -0.4 is 14.2 Å². The molecule has 0 saturated carbocycles. The molecule has 3 atom stereocenters. The van der Waals surface area contributed by atoms with Crippen molar-refractivity contribution in [1.29, 1.82) is 0 Å². The summed E-state index contributed by atoms with van der Waals surface area (Å²) in [4.78, 5) is 50.0. The van der Waals surface area contributed by atoms with Crippen molar-refractivity contribution in [2.24, 2.45) is 17.8 Å². The molecule has 3 aromatic heterocycles. The molecule has 12 aromatic rings. The minimum atomic E-state index is -0.00791. The Morgan fingerprint density at radius 2 is 0.725 bits per heavy atom. The second kappa shape index (κ2) is 32.7. The largest absolute Gasteiger partial charge is 0.508 e. The van der Waals surface area contributed by atoms with Gasteiger partial charge in [-0.2, -0.15) is 0 Å². The Labute approximate surface area is 609 Å². The summed E-state index contributed by atoms with van der Waals surface area (Å²) in [6, 6.07) is 64.6. The monoisotopic (exact) mass is 1410 g/mol. The van der Waals surface area contributed by atoms with E-state index in [0.29, 0.717) is 51.1 Å². The lowest BCUT2D eigenvalue weighted by Crippen LogP contribution is -2.25. The molecule has 0 amide bonds. The molecule has 12 nitrogen and oxygen atoms in total. The van der Waals surface area contributed by atoms with Crippen LogP contribution >= 0.6 is 34.0 Å². The van der Waals surface area contributed by atoms with Crippen LogP contribution in [0.4, 0.5) is 0 Å². The first kappa shape index (κ1) is 71.0. The normalized spacial score (nSPS) is 16.2. The number of hydrogen-bond donors (Lipinski definition) is 3. The van der Waals surface area contributed by atoms with Crippen molar-refractivity contribution < 1.29 is 43.9 Å². The molecule has 522 valence electrons. The number of hydrogen-bond acceptors (Lipinski definition) is 15. The number of fused-ring (bicyclic) bond motifs is 3. The number of phenolic OH excluding ortho intramolecular Hbond substituents is 3. The molecule has 3 saturated heterocycles. The smallest absolute Gasteiger partial charge is 0.203 e. The molecular weight excluding hydrogens is 1330 g/mol. The zero-order valence-corrected chi connectivity index (χ0v) is 61.0. The summed E-state index contributed by atoms with van der Waals surface area (Å²) in [7, 11) is 0. The number of aryl methyl sites for hydroxylation is 2. The van der Waals surface area contributed by atoms with Crippen molar-refractivity contribution in [3.8, 4) is 67.9 Å². The van der Waals surface area contributed by atoms with Crippen molar-refractivity contribution in [1.82, 2.24) is 14.7 Å². The minimum absolute atomic E-state index is 0.00791. The molecule has 0 spiro atoms. The highest BCUT2D eigenvalue weighted by molar-refractivity contribution is 7.22. The number of ether oxygens (including phenoxy) is 3. The van der Waals surface area contributed by atoms with Crippen LogP contribution in [0.1, 0.15) is 103 Å². The minimum Gasteiger partial charge on any atom is -0.508 e. The summed E-state index contributed by atoms with van der Waals surface area (Å²) in [5.74, 6) is 5.48. The van der Waals surface area contributed by atoms with Crippen LogP contribution in [0.15, 0.2) is 206 Å². The SMILES string of the molecule is C[C@@H]1CCN(CCOc2ccc(-c3c(C(=O)c4ccccc4)sc4cc(O)ccc34)cc2)C1.Cc1ccccc1C(=O)c1sc2cc(O)ccc2c1-c1ccc(OCCCN2CC[C@H](C)C2)cc1.Cc1ccccc1C(=O)c1sc2cc(O)ccc2c1-c1ccc(OCCN2CC[C@@H](C)C2)cc1. The number of thiophene rings is 3. The molecule has 0 radical (unpaired) electrons. The zero-order chi connectivity index (χ0) is 70.8. The van der Waals surface area contributed by atoms with Gasteiger partial charge in [0.25, 0.3) is 0 Å². The van der Waals surface area contributed by atoms with Crippen LogP contribution in [-0.4, -0.2) is 126 Å². The van der Waals surface area contributed by atoms with Crippen LogP contribution in [0.3, 0.4) is 0 Å². The first-order valence-corrected chi connectivity index (χ1v) is 38.0. The van der Waals surface area contributed by atoms with E-state index in [1.54, 1.807) is 36.4 Å². The lowest BCUT2D eigenvalue weighted by molar-refractivity contribution is 0.103. The van der Waals surface area contributed by atoms with Gasteiger partial charge in [-0.1, -0.05) is 136 Å². The van der Waals surface area contributed by atoms with E-state index in [2.05, 4.69) is 35.5 Å². The molecule has 3 N–H and O–H groups in total. The predicted molar refractivity (Wildman–Crippen MR) is 418 cm³/mol. The Hall–Kier alpha value is -9.45. The maximum atomic E-state index is 13.6. The maximum absolute atomic E-state index is 13.6. The fourth-order valence-electron chi connectivity index (χ4n) is 14.1. The van der Waals surface area contributed by atoms with E-state index in [9.17, 15) is 29.7 Å². The Bertz CT molecular complexity index is 4910. The van der Waals surface area contributed by atoms with Gasteiger partial charge in [0.05, 0.1) is 21.2 Å². The molecule has 0 bridgehead atoms. The van der Waals surface area contributed by atoms with Gasteiger partial charge in [0.15, 0.2) is 0 Å². The van der Waals surface area contributed by atoms with Crippen LogP contribution in [-0.2, 0) is 0 Å². The van der Waals surface area contributed by atoms with Crippen molar-refractivity contribution in [3.63, 3.8) is 0 Å². The first-order valence-electron chi connectivity index (χ1n) is 35.5. The molecule has 15 rings (SSSR count). The van der Waals surface area contributed by atoms with Gasteiger partial charge < -0.3 is 34.4 Å². The highest BCUT2D eigenvalue weighted by atomic mass is 32.1. The number of phenols is 3. The van der Waals surface area contributed by atoms with Crippen molar-refractivity contribution >= 4 is 81.6 Å². The summed E-state index contributed by atoms with van der Waals surface area (Å²) in [5, 5.41) is 32.9. The molecule has 3 aliphatic heterocycles. The highest BCUT2D eigenvalue weighted by Gasteiger charge is 2.27. The lowest BCUT2D eigenvalue weighted by Gasteiger charge is -2.15. The molecule has 6 heterocycles. The summed E-state index contributed by atoms with van der Waals surface area (Å²) >= 11 is 4.28. The summed E-state index contributed by atoms with van der Waals surface area (Å²) in [6.07, 6.45) is 4.85. The van der Waals surface area contributed by atoms with E-state index in [1.807, 2.05) is 184 Å². The fourth-order valence-corrected chi connectivity index (χ4v) is 17.8. The number of rotatable bonds is 22. The number of aromatic hydroxyl groups is 3. The number of benzene rings is 9. The highest BCUT2D eigenvalue weighted by Crippen LogP contribution is 2.45. The van der Waals surface area contributed by atoms with Gasteiger partial charge in [0.2, 0.25) is 17.3 Å². The molecule has 3 aliphatic rings. The molecule has 0 aliphatic carbocycles. The van der Waals surface area contributed by atoms with E-state index in [0.717, 1.165) is 162 Å². The van der Waals surface area contributed by atoms with E-state index in [1.165, 1.54) is 66.4 Å². The molecule has 102 heavy (non-hydrogen) atoms. The van der Waals surface area contributed by atoms with Gasteiger partial charge >= 0.3 is 0 Å². The van der Waals surface area contributed by atoms with Crippen LogP contribution in [0.2, 0.25) is 0 Å². The summed E-state index contributed by atoms with van der Waals surface area (Å²) < 4.78 is 20.7. The van der Waals surface area contributed by atoms with Gasteiger partial charge in [-0.05, 0) is 196 Å². The Morgan fingerprint density at radius 3 is 1.08 bits per heavy atom. The van der Waals surface area contributed by atoms with Crippen LogP contribution in [0.25, 0.3) is 63.6 Å². The van der Waals surface area contributed by atoms with E-state index >= 15 is 0 Å². The quantitative estimate of drug-likeness (QED) is 0.0438. The molecule has 15 heteroatoms. The second-order valence-electron chi connectivity index (χ2n) is 27.5. The first-order chi connectivity index (χ1) is 49.6. The zero-order valence-electron chi connectivity index (χ0n) is 58.5. The number of carbonyl (C=O) groups is 3. The van der Waals surface area contributed by atoms with E-state index < -0.39 is 0 Å². The summed E-state index contributed by atoms with van der Waals surface area (Å²) in [5.41, 5.74) is 9.60. The molecule has 9 aromatic carbocycles. The van der Waals surface area contributed by atoms with Gasteiger partial charge in [-0.25, -0.2) is 0 Å². The van der Waals surface area contributed by atoms with Gasteiger partial charge in [0.1, 0.15) is 47.7 Å².